The summed E-state index contributed by atoms with van der Waals surface area (Å²) < 4.78 is 1.02. The van der Waals surface area contributed by atoms with Crippen molar-refractivity contribution in [1.82, 2.24) is 4.98 Å². The first-order chi connectivity index (χ1) is 13.7. The standard InChI is InChI=1S/C25H23BrN2/c1-3-28(4-2)20-12-10-18(11-13-20)21-14-16-23(26)25-22(21)15-17-24(27-25)19-8-6-5-7-9-19/h5-17H,3-4H2,1-2H3. The maximum absolute atomic E-state index is 4.95. The molecule has 0 atom stereocenters. The van der Waals surface area contributed by atoms with Gasteiger partial charge in [-0.05, 0) is 71.2 Å². The van der Waals surface area contributed by atoms with Crippen molar-refractivity contribution in [2.75, 3.05) is 18.0 Å². The van der Waals surface area contributed by atoms with Crippen LogP contribution in [0, 0.1) is 0 Å². The summed E-state index contributed by atoms with van der Waals surface area (Å²) in [5, 5.41) is 1.16. The monoisotopic (exact) mass is 430 g/mol. The van der Waals surface area contributed by atoms with Gasteiger partial charge in [0, 0.05) is 34.2 Å². The summed E-state index contributed by atoms with van der Waals surface area (Å²) in [7, 11) is 0. The van der Waals surface area contributed by atoms with E-state index in [1.807, 2.05) is 18.2 Å². The SMILES string of the molecule is CCN(CC)c1ccc(-c2ccc(Br)c3nc(-c4ccccc4)ccc23)cc1. The van der Waals surface area contributed by atoms with Gasteiger partial charge in [-0.25, -0.2) is 4.98 Å². The Balaban J connectivity index is 1.79. The maximum Gasteiger partial charge on any atom is 0.0857 e. The topological polar surface area (TPSA) is 16.1 Å². The quantitative estimate of drug-likeness (QED) is 0.333. The van der Waals surface area contributed by atoms with Crippen LogP contribution in [0.5, 0.6) is 0 Å². The van der Waals surface area contributed by atoms with Crippen molar-refractivity contribution in [2.24, 2.45) is 0 Å². The molecule has 0 radical (unpaired) electrons. The smallest absolute Gasteiger partial charge is 0.0857 e. The number of hydrogen-bond donors (Lipinski definition) is 0. The van der Waals surface area contributed by atoms with E-state index in [9.17, 15) is 0 Å². The second kappa shape index (κ2) is 8.15. The van der Waals surface area contributed by atoms with Crippen LogP contribution < -0.4 is 4.90 Å². The second-order valence-electron chi connectivity index (χ2n) is 6.77. The van der Waals surface area contributed by atoms with Crippen LogP contribution in [0.1, 0.15) is 13.8 Å². The molecule has 0 aliphatic carbocycles. The Bertz CT molecular complexity index is 1080. The van der Waals surface area contributed by atoms with Crippen LogP contribution in [-0.4, -0.2) is 18.1 Å². The zero-order valence-electron chi connectivity index (χ0n) is 16.2. The molecule has 0 aliphatic heterocycles. The average Bonchev–Trinajstić information content (AvgIpc) is 2.76. The molecule has 0 unspecified atom stereocenters. The van der Waals surface area contributed by atoms with Gasteiger partial charge in [-0.3, -0.25) is 0 Å². The Morgan fingerprint density at radius 3 is 2.14 bits per heavy atom. The van der Waals surface area contributed by atoms with Crippen LogP contribution >= 0.6 is 15.9 Å². The molecular weight excluding hydrogens is 408 g/mol. The van der Waals surface area contributed by atoms with E-state index in [0.717, 1.165) is 39.7 Å². The van der Waals surface area contributed by atoms with E-state index in [-0.39, 0.29) is 0 Å². The molecule has 0 N–H and O–H groups in total. The molecule has 3 aromatic carbocycles. The van der Waals surface area contributed by atoms with Crippen LogP contribution in [0.4, 0.5) is 5.69 Å². The van der Waals surface area contributed by atoms with Crippen LogP contribution in [0.2, 0.25) is 0 Å². The van der Waals surface area contributed by atoms with Crippen LogP contribution in [0.25, 0.3) is 33.3 Å². The predicted molar refractivity (Wildman–Crippen MR) is 124 cm³/mol. The van der Waals surface area contributed by atoms with Gasteiger partial charge in [-0.15, -0.1) is 0 Å². The third-order valence-corrected chi connectivity index (χ3v) is 5.82. The number of halogens is 1. The summed E-state index contributed by atoms with van der Waals surface area (Å²) in [6.45, 7) is 6.41. The summed E-state index contributed by atoms with van der Waals surface area (Å²) >= 11 is 3.69. The molecule has 0 bridgehead atoms. The third-order valence-electron chi connectivity index (χ3n) is 5.18. The normalized spacial score (nSPS) is 11.0. The van der Waals surface area contributed by atoms with E-state index in [4.69, 9.17) is 4.98 Å². The number of anilines is 1. The van der Waals surface area contributed by atoms with E-state index in [0.29, 0.717) is 0 Å². The fourth-order valence-corrected chi connectivity index (χ4v) is 4.08. The Kier molecular flexibility index (Phi) is 5.45. The van der Waals surface area contributed by atoms with Gasteiger partial charge in [-0.1, -0.05) is 48.5 Å². The van der Waals surface area contributed by atoms with E-state index in [1.54, 1.807) is 0 Å². The highest BCUT2D eigenvalue weighted by Gasteiger charge is 2.10. The number of nitrogens with zero attached hydrogens (tertiary/aromatic N) is 2. The lowest BCUT2D eigenvalue weighted by Gasteiger charge is -2.21. The lowest BCUT2D eigenvalue weighted by molar-refractivity contribution is 0.866. The largest absolute Gasteiger partial charge is 0.372 e. The lowest BCUT2D eigenvalue weighted by atomic mass is 9.99. The first kappa shape index (κ1) is 18.7. The van der Waals surface area contributed by atoms with Crippen molar-refractivity contribution < 1.29 is 0 Å². The van der Waals surface area contributed by atoms with E-state index in [1.165, 1.54) is 16.8 Å². The summed E-state index contributed by atoms with van der Waals surface area (Å²) in [6.07, 6.45) is 0. The molecule has 0 saturated heterocycles. The van der Waals surface area contributed by atoms with Gasteiger partial charge in [0.1, 0.15) is 0 Å². The first-order valence-electron chi connectivity index (χ1n) is 9.71. The van der Waals surface area contributed by atoms with Crippen LogP contribution in [-0.2, 0) is 0 Å². The minimum absolute atomic E-state index is 0.989. The summed E-state index contributed by atoms with van der Waals surface area (Å²) in [5.41, 5.74) is 6.79. The van der Waals surface area contributed by atoms with Gasteiger partial charge >= 0.3 is 0 Å². The highest BCUT2D eigenvalue weighted by atomic mass is 79.9. The zero-order valence-corrected chi connectivity index (χ0v) is 17.8. The fourth-order valence-electron chi connectivity index (χ4n) is 3.65. The molecule has 0 aliphatic rings. The molecular formula is C25H23BrN2. The zero-order chi connectivity index (χ0) is 19.5. The van der Waals surface area contributed by atoms with Gasteiger partial charge in [-0.2, -0.15) is 0 Å². The highest BCUT2D eigenvalue weighted by Crippen LogP contribution is 2.34. The van der Waals surface area contributed by atoms with Gasteiger partial charge in [0.2, 0.25) is 0 Å². The molecule has 4 rings (SSSR count). The van der Waals surface area contributed by atoms with Gasteiger partial charge in [0.15, 0.2) is 0 Å². The van der Waals surface area contributed by atoms with Crippen molar-refractivity contribution in [3.63, 3.8) is 0 Å². The van der Waals surface area contributed by atoms with Crippen molar-refractivity contribution in [3.05, 3.63) is 83.3 Å². The minimum Gasteiger partial charge on any atom is -0.372 e. The van der Waals surface area contributed by atoms with Gasteiger partial charge in [0.25, 0.3) is 0 Å². The van der Waals surface area contributed by atoms with E-state index in [2.05, 4.69) is 95.3 Å². The fraction of sp³-hybridized carbons (Fsp3) is 0.160. The summed E-state index contributed by atoms with van der Waals surface area (Å²) in [5.74, 6) is 0. The predicted octanol–water partition coefficient (Wildman–Crippen LogP) is 7.18. The number of aromatic nitrogens is 1. The van der Waals surface area contributed by atoms with E-state index >= 15 is 0 Å². The van der Waals surface area contributed by atoms with Crippen LogP contribution in [0.15, 0.2) is 83.3 Å². The molecule has 0 spiro atoms. The molecule has 4 aromatic rings. The molecule has 0 fully saturated rings. The van der Waals surface area contributed by atoms with E-state index < -0.39 is 0 Å². The van der Waals surface area contributed by atoms with Crippen molar-refractivity contribution >= 4 is 32.5 Å². The first-order valence-corrected chi connectivity index (χ1v) is 10.5. The average molecular weight is 431 g/mol. The van der Waals surface area contributed by atoms with Gasteiger partial charge < -0.3 is 4.90 Å². The Hall–Kier alpha value is -2.65. The Labute approximate surface area is 175 Å². The third kappa shape index (κ3) is 3.55. The molecule has 1 heterocycles. The highest BCUT2D eigenvalue weighted by molar-refractivity contribution is 9.10. The lowest BCUT2D eigenvalue weighted by Crippen LogP contribution is -2.21. The molecule has 3 heteroatoms. The molecule has 0 amide bonds. The number of benzene rings is 3. The maximum atomic E-state index is 4.95. The second-order valence-corrected chi connectivity index (χ2v) is 7.63. The number of hydrogen-bond acceptors (Lipinski definition) is 2. The molecule has 28 heavy (non-hydrogen) atoms. The molecule has 2 nitrogen and oxygen atoms in total. The molecule has 1 aromatic heterocycles. The number of fused-ring (bicyclic) bond motifs is 1. The summed E-state index contributed by atoms with van der Waals surface area (Å²) in [4.78, 5) is 7.31. The molecule has 0 saturated carbocycles. The van der Waals surface area contributed by atoms with Gasteiger partial charge in [0.05, 0.1) is 11.2 Å². The number of pyridine rings is 1. The van der Waals surface area contributed by atoms with Crippen molar-refractivity contribution in [3.8, 4) is 22.4 Å². The Morgan fingerprint density at radius 1 is 0.750 bits per heavy atom. The Morgan fingerprint density at radius 2 is 1.46 bits per heavy atom. The molecule has 140 valence electrons. The summed E-state index contributed by atoms with van der Waals surface area (Å²) in [6, 6.07) is 27.7. The minimum atomic E-state index is 0.989. The van der Waals surface area contributed by atoms with Crippen LogP contribution in [0.3, 0.4) is 0 Å². The number of rotatable bonds is 5. The van der Waals surface area contributed by atoms with Crippen molar-refractivity contribution in [2.45, 2.75) is 13.8 Å². The van der Waals surface area contributed by atoms with Crippen molar-refractivity contribution in [1.29, 1.82) is 0 Å².